The van der Waals surface area contributed by atoms with E-state index in [1.165, 1.54) is 0 Å². The lowest BCUT2D eigenvalue weighted by Gasteiger charge is -2.28. The number of carbonyl (C=O) groups is 1. The molecule has 0 aromatic heterocycles. The van der Waals surface area contributed by atoms with E-state index in [4.69, 9.17) is 11.6 Å². The van der Waals surface area contributed by atoms with Crippen molar-refractivity contribution in [1.29, 1.82) is 0 Å². The summed E-state index contributed by atoms with van der Waals surface area (Å²) < 4.78 is 26.0. The Labute approximate surface area is 114 Å². The lowest BCUT2D eigenvalue weighted by molar-refractivity contribution is 0.0717. The molecular weight excluding hydrogens is 276 g/mol. The Hall–Kier alpha value is -1.20. The molecule has 3 nitrogen and oxygen atoms in total. The van der Waals surface area contributed by atoms with Crippen LogP contribution < -0.4 is 5.32 Å². The third-order valence-electron chi connectivity index (χ3n) is 3.30. The average Bonchev–Trinajstić information content (AvgIpc) is 2.36. The molecule has 0 bridgehead atoms. The van der Waals surface area contributed by atoms with Gasteiger partial charge in [-0.3, -0.25) is 4.79 Å². The second-order valence-electron chi connectivity index (χ2n) is 4.68. The maximum atomic E-state index is 13.1. The first-order valence-electron chi connectivity index (χ1n) is 6.12. The van der Waals surface area contributed by atoms with Crippen LogP contribution in [0.5, 0.6) is 0 Å². The second-order valence-corrected chi connectivity index (χ2v) is 5.09. The molecule has 104 valence electrons. The van der Waals surface area contributed by atoms with Gasteiger partial charge in [0.25, 0.3) is 5.91 Å². The zero-order valence-corrected chi connectivity index (χ0v) is 10.9. The van der Waals surface area contributed by atoms with Crippen molar-refractivity contribution in [2.24, 2.45) is 0 Å². The summed E-state index contributed by atoms with van der Waals surface area (Å²) in [4.78, 5) is 11.9. The lowest BCUT2D eigenvalue weighted by atomic mass is 9.92. The summed E-state index contributed by atoms with van der Waals surface area (Å²) in [5.74, 6) is -2.83. The van der Waals surface area contributed by atoms with Gasteiger partial charge in [0, 0.05) is 0 Å². The second kappa shape index (κ2) is 5.84. The molecule has 0 unspecified atom stereocenters. The molecule has 0 spiro atoms. The molecule has 1 amide bonds. The minimum Gasteiger partial charge on any atom is -0.391 e. The summed E-state index contributed by atoms with van der Waals surface area (Å²) in [5, 5.41) is 12.2. The molecule has 0 aliphatic heterocycles. The van der Waals surface area contributed by atoms with Crippen molar-refractivity contribution in [1.82, 2.24) is 5.32 Å². The van der Waals surface area contributed by atoms with Gasteiger partial charge in [0.1, 0.15) is 0 Å². The van der Waals surface area contributed by atoms with Crippen LogP contribution in [0.2, 0.25) is 5.02 Å². The highest BCUT2D eigenvalue weighted by molar-refractivity contribution is 6.33. The van der Waals surface area contributed by atoms with Crippen LogP contribution in [0.25, 0.3) is 0 Å². The SMILES string of the molecule is O=C(N[C@@H]1CCCC[C@H]1O)c1cc(F)c(F)cc1Cl. The topological polar surface area (TPSA) is 49.3 Å². The van der Waals surface area contributed by atoms with E-state index in [0.717, 1.165) is 25.0 Å². The van der Waals surface area contributed by atoms with Crippen LogP contribution in [0, 0.1) is 11.6 Å². The Morgan fingerprint density at radius 1 is 1.26 bits per heavy atom. The van der Waals surface area contributed by atoms with Gasteiger partial charge in [-0.25, -0.2) is 8.78 Å². The fourth-order valence-corrected chi connectivity index (χ4v) is 2.46. The number of amides is 1. The van der Waals surface area contributed by atoms with Crippen LogP contribution in [-0.2, 0) is 0 Å². The van der Waals surface area contributed by atoms with Crippen LogP contribution in [0.4, 0.5) is 8.78 Å². The first kappa shape index (κ1) is 14.2. The molecule has 2 rings (SSSR count). The molecule has 1 fully saturated rings. The summed E-state index contributed by atoms with van der Waals surface area (Å²) in [7, 11) is 0. The Morgan fingerprint density at radius 2 is 1.89 bits per heavy atom. The van der Waals surface area contributed by atoms with Crippen molar-refractivity contribution in [3.8, 4) is 0 Å². The van der Waals surface area contributed by atoms with E-state index in [1.54, 1.807) is 0 Å². The Kier molecular flexibility index (Phi) is 4.37. The number of benzene rings is 1. The Morgan fingerprint density at radius 3 is 2.58 bits per heavy atom. The van der Waals surface area contributed by atoms with Crippen molar-refractivity contribution in [2.45, 2.75) is 37.8 Å². The van der Waals surface area contributed by atoms with E-state index in [2.05, 4.69) is 5.32 Å². The molecule has 2 atom stereocenters. The fraction of sp³-hybridized carbons (Fsp3) is 0.462. The first-order valence-corrected chi connectivity index (χ1v) is 6.50. The maximum absolute atomic E-state index is 13.1. The largest absolute Gasteiger partial charge is 0.391 e. The third kappa shape index (κ3) is 3.22. The van der Waals surface area contributed by atoms with E-state index in [-0.39, 0.29) is 16.6 Å². The predicted molar refractivity (Wildman–Crippen MR) is 67.1 cm³/mol. The average molecular weight is 290 g/mol. The van der Waals surface area contributed by atoms with Crippen molar-refractivity contribution in [3.63, 3.8) is 0 Å². The standard InChI is InChI=1S/C13H14ClF2NO2/c14-8-6-10(16)9(15)5-7(8)13(19)17-11-3-1-2-4-12(11)18/h5-6,11-12,18H,1-4H2,(H,17,19)/t11-,12-/m1/s1. The molecule has 1 aliphatic carbocycles. The van der Waals surface area contributed by atoms with Crippen LogP contribution >= 0.6 is 11.6 Å². The monoisotopic (exact) mass is 289 g/mol. The molecule has 0 heterocycles. The minimum atomic E-state index is -1.13. The van der Waals surface area contributed by atoms with Crippen molar-refractivity contribution in [3.05, 3.63) is 34.4 Å². The zero-order valence-electron chi connectivity index (χ0n) is 10.1. The van der Waals surface area contributed by atoms with Crippen LogP contribution in [0.15, 0.2) is 12.1 Å². The zero-order chi connectivity index (χ0) is 14.0. The number of aliphatic hydroxyl groups excluding tert-OH is 1. The lowest BCUT2D eigenvalue weighted by Crippen LogP contribution is -2.45. The van der Waals surface area contributed by atoms with Gasteiger partial charge >= 0.3 is 0 Å². The van der Waals surface area contributed by atoms with Crippen molar-refractivity contribution in [2.75, 3.05) is 0 Å². The molecule has 1 aliphatic rings. The number of nitrogens with one attached hydrogen (secondary N) is 1. The number of hydrogen-bond donors (Lipinski definition) is 2. The van der Waals surface area contributed by atoms with Gasteiger partial charge in [-0.05, 0) is 25.0 Å². The summed E-state index contributed by atoms with van der Waals surface area (Å²) in [6.45, 7) is 0. The van der Waals surface area contributed by atoms with Crippen molar-refractivity contribution < 1.29 is 18.7 Å². The predicted octanol–water partition coefficient (Wildman–Crippen LogP) is 2.65. The smallest absolute Gasteiger partial charge is 0.253 e. The maximum Gasteiger partial charge on any atom is 0.253 e. The number of halogens is 3. The molecule has 0 saturated heterocycles. The van der Waals surface area contributed by atoms with Crippen LogP contribution in [0.3, 0.4) is 0 Å². The molecule has 1 aromatic carbocycles. The molecule has 1 saturated carbocycles. The van der Waals surface area contributed by atoms with Crippen LogP contribution in [-0.4, -0.2) is 23.2 Å². The summed E-state index contributed by atoms with van der Waals surface area (Å²) in [6, 6.07) is 1.16. The normalized spacial score (nSPS) is 23.2. The number of carbonyl (C=O) groups excluding carboxylic acids is 1. The molecular formula is C13H14ClF2NO2. The van der Waals surface area contributed by atoms with Gasteiger partial charge in [0.15, 0.2) is 11.6 Å². The van der Waals surface area contributed by atoms with E-state index in [1.807, 2.05) is 0 Å². The van der Waals surface area contributed by atoms with Gasteiger partial charge < -0.3 is 10.4 Å². The van der Waals surface area contributed by atoms with E-state index >= 15 is 0 Å². The Bertz CT molecular complexity index is 496. The van der Waals surface area contributed by atoms with Gasteiger partial charge in [0.2, 0.25) is 0 Å². The third-order valence-corrected chi connectivity index (χ3v) is 3.61. The molecule has 6 heteroatoms. The summed E-state index contributed by atoms with van der Waals surface area (Å²) >= 11 is 5.72. The van der Waals surface area contributed by atoms with Gasteiger partial charge in [-0.15, -0.1) is 0 Å². The highest BCUT2D eigenvalue weighted by Crippen LogP contribution is 2.22. The minimum absolute atomic E-state index is 0.127. The fourth-order valence-electron chi connectivity index (χ4n) is 2.22. The molecule has 1 aromatic rings. The molecule has 2 N–H and O–H groups in total. The van der Waals surface area contributed by atoms with Crippen molar-refractivity contribution >= 4 is 17.5 Å². The Balaban J connectivity index is 2.13. The quantitative estimate of drug-likeness (QED) is 0.822. The van der Waals surface area contributed by atoms with Gasteiger partial charge in [-0.2, -0.15) is 0 Å². The molecule has 0 radical (unpaired) electrons. The van der Waals surface area contributed by atoms with E-state index in [9.17, 15) is 18.7 Å². The summed E-state index contributed by atoms with van der Waals surface area (Å²) in [5.41, 5.74) is -0.127. The summed E-state index contributed by atoms with van der Waals surface area (Å²) in [6.07, 6.45) is 2.50. The van der Waals surface area contributed by atoms with Gasteiger partial charge in [-0.1, -0.05) is 24.4 Å². The van der Waals surface area contributed by atoms with Crippen LogP contribution in [0.1, 0.15) is 36.0 Å². The molecule has 19 heavy (non-hydrogen) atoms. The highest BCUT2D eigenvalue weighted by Gasteiger charge is 2.26. The number of hydrogen-bond acceptors (Lipinski definition) is 2. The first-order chi connectivity index (χ1) is 8.99. The highest BCUT2D eigenvalue weighted by atomic mass is 35.5. The number of aliphatic hydroxyl groups is 1. The van der Waals surface area contributed by atoms with E-state index in [0.29, 0.717) is 12.8 Å². The number of rotatable bonds is 2. The van der Waals surface area contributed by atoms with Gasteiger partial charge in [0.05, 0.1) is 22.7 Å². The van der Waals surface area contributed by atoms with E-state index < -0.39 is 23.6 Å².